The molecule has 0 fully saturated rings. The molecule has 35 heavy (non-hydrogen) atoms. The van der Waals surface area contributed by atoms with Crippen LogP contribution in [0, 0.1) is 32.8 Å². The van der Waals surface area contributed by atoms with Gasteiger partial charge in [-0.25, -0.2) is 0 Å². The standard InChI is InChI=1S/C24H11ClN6O3S/c25-14-5-1-12(2-6-14)18-11-35-24-20(18)23(32)29-22-17(10-27)19(16(9-26)21(28)30(22)24)13-3-7-15(8-4-13)31(33)34/h1-8,11H,28H2. The Balaban J connectivity index is 1.88. The van der Waals surface area contributed by atoms with Gasteiger partial charge in [-0.15, -0.1) is 11.3 Å². The minimum atomic E-state index is -0.554. The maximum atomic E-state index is 13.2. The highest BCUT2D eigenvalue weighted by atomic mass is 35.5. The smallest absolute Gasteiger partial charge is 0.282 e. The van der Waals surface area contributed by atoms with Gasteiger partial charge >= 0.3 is 0 Å². The lowest BCUT2D eigenvalue weighted by molar-refractivity contribution is -0.384. The van der Waals surface area contributed by atoms with Gasteiger partial charge in [0.1, 0.15) is 33.9 Å². The van der Waals surface area contributed by atoms with Crippen LogP contribution in [0.2, 0.25) is 5.02 Å². The minimum absolute atomic E-state index is 0.000594. The Morgan fingerprint density at radius 3 is 2.26 bits per heavy atom. The van der Waals surface area contributed by atoms with Gasteiger partial charge in [-0.05, 0) is 35.4 Å². The highest BCUT2D eigenvalue weighted by Crippen LogP contribution is 2.38. The van der Waals surface area contributed by atoms with Crippen molar-refractivity contribution in [2.45, 2.75) is 0 Å². The molecule has 0 aliphatic carbocycles. The van der Waals surface area contributed by atoms with E-state index >= 15 is 0 Å². The summed E-state index contributed by atoms with van der Waals surface area (Å²) >= 11 is 7.22. The van der Waals surface area contributed by atoms with E-state index in [0.29, 0.717) is 26.4 Å². The number of nitro groups is 1. The number of benzene rings is 2. The topological polar surface area (TPSA) is 151 Å². The number of pyridine rings is 1. The van der Waals surface area contributed by atoms with Crippen LogP contribution in [0.25, 0.3) is 38.1 Å². The average Bonchev–Trinajstić information content (AvgIpc) is 3.30. The van der Waals surface area contributed by atoms with Gasteiger partial charge in [0.2, 0.25) is 0 Å². The van der Waals surface area contributed by atoms with E-state index in [9.17, 15) is 25.4 Å². The first kappa shape index (κ1) is 22.0. The predicted octanol–water partition coefficient (Wildman–Crippen LogP) is 5.13. The minimum Gasteiger partial charge on any atom is -0.384 e. The normalized spacial score (nSPS) is 10.8. The molecular formula is C24H11ClN6O3S. The number of non-ortho nitro benzene ring substituents is 1. The summed E-state index contributed by atoms with van der Waals surface area (Å²) in [5.41, 5.74) is 7.58. The Hall–Kier alpha value is -4.77. The predicted molar refractivity (Wildman–Crippen MR) is 133 cm³/mol. The van der Waals surface area contributed by atoms with E-state index in [4.69, 9.17) is 17.3 Å². The van der Waals surface area contributed by atoms with Gasteiger partial charge in [0.25, 0.3) is 11.2 Å². The molecule has 0 unspecified atom stereocenters. The number of nitriles is 2. The van der Waals surface area contributed by atoms with Crippen LogP contribution in [0.15, 0.2) is 58.7 Å². The van der Waals surface area contributed by atoms with Crippen molar-refractivity contribution in [3.05, 3.63) is 90.5 Å². The van der Waals surface area contributed by atoms with Gasteiger partial charge < -0.3 is 5.73 Å². The van der Waals surface area contributed by atoms with Gasteiger partial charge in [-0.1, -0.05) is 23.7 Å². The average molecular weight is 499 g/mol. The van der Waals surface area contributed by atoms with Gasteiger partial charge in [-0.3, -0.25) is 19.3 Å². The quantitative estimate of drug-likeness (QED) is 0.267. The van der Waals surface area contributed by atoms with E-state index in [1.165, 1.54) is 40.0 Å². The Morgan fingerprint density at radius 1 is 1.03 bits per heavy atom. The van der Waals surface area contributed by atoms with Crippen molar-refractivity contribution in [3.63, 3.8) is 0 Å². The van der Waals surface area contributed by atoms with Gasteiger partial charge in [-0.2, -0.15) is 15.5 Å². The first-order valence-corrected chi connectivity index (χ1v) is 11.2. The third-order valence-corrected chi connectivity index (χ3v) is 6.79. The Bertz CT molecular complexity index is 1830. The van der Waals surface area contributed by atoms with Crippen LogP contribution in [-0.2, 0) is 0 Å². The number of fused-ring (bicyclic) bond motifs is 3. The molecule has 0 saturated carbocycles. The number of hydrogen-bond donors (Lipinski definition) is 1. The molecule has 5 rings (SSSR count). The molecule has 2 aromatic carbocycles. The molecule has 0 atom stereocenters. The molecule has 0 aliphatic heterocycles. The van der Waals surface area contributed by atoms with E-state index in [0.717, 1.165) is 5.56 Å². The summed E-state index contributed by atoms with van der Waals surface area (Å²) in [5.74, 6) is -0.00291. The molecule has 2 N–H and O–H groups in total. The molecule has 168 valence electrons. The molecule has 0 amide bonds. The summed E-state index contributed by atoms with van der Waals surface area (Å²) in [6.07, 6.45) is 0. The molecular weight excluding hydrogens is 488 g/mol. The van der Waals surface area contributed by atoms with Crippen LogP contribution < -0.4 is 11.3 Å². The number of nitrogens with zero attached hydrogens (tertiary/aromatic N) is 5. The Morgan fingerprint density at radius 2 is 1.66 bits per heavy atom. The molecule has 9 nitrogen and oxygen atoms in total. The van der Waals surface area contributed by atoms with Crippen molar-refractivity contribution in [1.82, 2.24) is 9.38 Å². The summed E-state index contributed by atoms with van der Waals surface area (Å²) in [5, 5.41) is 33.7. The van der Waals surface area contributed by atoms with Crippen molar-refractivity contribution in [1.29, 1.82) is 10.5 Å². The Labute approximate surface area is 205 Å². The second-order valence-electron chi connectivity index (χ2n) is 7.45. The SMILES string of the molecule is N#Cc1c(-c2ccc([N+](=O)[O-])cc2)c(C#N)c2nc(=O)c3c(-c4ccc(Cl)cc4)csc3n2c1N. The highest BCUT2D eigenvalue weighted by molar-refractivity contribution is 7.17. The number of anilines is 1. The third kappa shape index (κ3) is 3.37. The number of aromatic nitrogens is 2. The lowest BCUT2D eigenvalue weighted by Crippen LogP contribution is -2.15. The summed E-state index contributed by atoms with van der Waals surface area (Å²) in [6.45, 7) is 0. The molecule has 0 aliphatic rings. The number of nitrogen functional groups attached to an aromatic ring is 1. The molecule has 3 aromatic heterocycles. The van der Waals surface area contributed by atoms with E-state index in [2.05, 4.69) is 4.98 Å². The molecule has 5 aromatic rings. The maximum absolute atomic E-state index is 13.2. The third-order valence-electron chi connectivity index (χ3n) is 5.57. The first-order valence-electron chi connectivity index (χ1n) is 9.96. The largest absolute Gasteiger partial charge is 0.384 e. The fraction of sp³-hybridized carbons (Fsp3) is 0. The lowest BCUT2D eigenvalue weighted by atomic mass is 9.95. The van der Waals surface area contributed by atoms with Crippen molar-refractivity contribution >= 4 is 50.3 Å². The van der Waals surface area contributed by atoms with E-state index in [1.807, 2.05) is 12.1 Å². The molecule has 0 radical (unpaired) electrons. The highest BCUT2D eigenvalue weighted by Gasteiger charge is 2.24. The zero-order valence-corrected chi connectivity index (χ0v) is 19.1. The summed E-state index contributed by atoms with van der Waals surface area (Å²) in [4.78, 5) is 28.3. The van der Waals surface area contributed by atoms with Crippen LogP contribution in [0.5, 0.6) is 0 Å². The van der Waals surface area contributed by atoms with E-state index in [-0.39, 0.29) is 33.8 Å². The summed E-state index contributed by atoms with van der Waals surface area (Å²) in [6, 6.07) is 16.4. The number of rotatable bonds is 3. The molecule has 3 heterocycles. The van der Waals surface area contributed by atoms with E-state index in [1.54, 1.807) is 29.6 Å². The van der Waals surface area contributed by atoms with Gasteiger partial charge in [0.15, 0.2) is 5.65 Å². The van der Waals surface area contributed by atoms with Crippen molar-refractivity contribution in [2.24, 2.45) is 0 Å². The van der Waals surface area contributed by atoms with Gasteiger partial charge in [0.05, 0.1) is 10.3 Å². The van der Waals surface area contributed by atoms with Crippen molar-refractivity contribution in [2.75, 3.05) is 5.73 Å². The number of hydrogen-bond acceptors (Lipinski definition) is 8. The van der Waals surface area contributed by atoms with E-state index < -0.39 is 10.5 Å². The second kappa shape index (κ2) is 8.22. The fourth-order valence-electron chi connectivity index (χ4n) is 3.98. The van der Waals surface area contributed by atoms with Crippen LogP contribution in [0.3, 0.4) is 0 Å². The lowest BCUT2D eigenvalue weighted by Gasteiger charge is -2.15. The monoisotopic (exact) mass is 498 g/mol. The first-order chi connectivity index (χ1) is 16.8. The summed E-state index contributed by atoms with van der Waals surface area (Å²) in [7, 11) is 0. The van der Waals surface area contributed by atoms with Crippen molar-refractivity contribution < 1.29 is 4.92 Å². The molecule has 0 spiro atoms. The maximum Gasteiger partial charge on any atom is 0.282 e. The Kier molecular flexibility index (Phi) is 5.18. The molecule has 0 bridgehead atoms. The second-order valence-corrected chi connectivity index (χ2v) is 8.74. The number of nitro benzene ring substituents is 1. The molecule has 11 heteroatoms. The van der Waals surface area contributed by atoms with Crippen molar-refractivity contribution in [3.8, 4) is 34.4 Å². The molecule has 0 saturated heterocycles. The number of thiophene rings is 1. The summed E-state index contributed by atoms with van der Waals surface area (Å²) < 4.78 is 1.44. The number of nitrogens with two attached hydrogens (primary N) is 1. The van der Waals surface area contributed by atoms with Gasteiger partial charge in [0, 0.05) is 33.7 Å². The van der Waals surface area contributed by atoms with Crippen LogP contribution in [-0.4, -0.2) is 14.3 Å². The zero-order chi connectivity index (χ0) is 24.9. The van der Waals surface area contributed by atoms with Crippen LogP contribution >= 0.6 is 22.9 Å². The van der Waals surface area contributed by atoms with Crippen LogP contribution in [0.4, 0.5) is 11.5 Å². The zero-order valence-electron chi connectivity index (χ0n) is 17.5. The fourth-order valence-corrected chi connectivity index (χ4v) is 5.20. The van der Waals surface area contributed by atoms with Crippen LogP contribution in [0.1, 0.15) is 11.1 Å². The number of halogens is 1.